The third-order valence-corrected chi connectivity index (χ3v) is 8.50. The number of carboxylic acid groups (broad SMARTS) is 3. The summed E-state index contributed by atoms with van der Waals surface area (Å²) < 4.78 is 0. The summed E-state index contributed by atoms with van der Waals surface area (Å²) in [5, 5.41) is 58.9. The number of carbonyl (C=O) groups is 8. The lowest BCUT2D eigenvalue weighted by atomic mass is 9.78. The van der Waals surface area contributed by atoms with Crippen LogP contribution in [0.2, 0.25) is 0 Å². The third kappa shape index (κ3) is 20.2. The van der Waals surface area contributed by atoms with Crippen LogP contribution in [0.25, 0.3) is 0 Å². The second kappa shape index (κ2) is 25.6. The van der Waals surface area contributed by atoms with E-state index in [2.05, 4.69) is 26.6 Å². The fraction of sp³-hybridized carbons (Fsp3) is 0.742. The Morgan fingerprint density at radius 2 is 1.27 bits per heavy atom. The molecule has 0 aromatic rings. The van der Waals surface area contributed by atoms with Gasteiger partial charge in [0, 0.05) is 52.5 Å². The van der Waals surface area contributed by atoms with Gasteiger partial charge in [-0.15, -0.1) is 0 Å². The lowest BCUT2D eigenvalue weighted by Crippen LogP contribution is -2.57. The van der Waals surface area contributed by atoms with Gasteiger partial charge in [0.2, 0.25) is 29.5 Å². The molecule has 1 heterocycles. The van der Waals surface area contributed by atoms with Crippen LogP contribution in [0, 0.1) is 5.92 Å². The number of amides is 5. The summed E-state index contributed by atoms with van der Waals surface area (Å²) in [7, 11) is -1.72. The van der Waals surface area contributed by atoms with Gasteiger partial charge in [-0.05, 0) is 25.7 Å². The normalized spacial score (nSPS) is 15.2. The van der Waals surface area contributed by atoms with E-state index in [4.69, 9.17) is 15.9 Å². The maximum atomic E-state index is 13.0. The first-order chi connectivity index (χ1) is 25.8. The van der Waals surface area contributed by atoms with E-state index in [9.17, 15) is 53.5 Å². The van der Waals surface area contributed by atoms with Crippen molar-refractivity contribution in [3.8, 4) is 0 Å². The van der Waals surface area contributed by atoms with Gasteiger partial charge in [0.25, 0.3) is 0 Å². The summed E-state index contributed by atoms with van der Waals surface area (Å²) >= 11 is 0. The molecule has 1 saturated heterocycles. The third-order valence-electron chi connectivity index (χ3n) is 8.50. The molecule has 3 atom stereocenters. The van der Waals surface area contributed by atoms with Gasteiger partial charge in [-0.1, -0.05) is 13.8 Å². The van der Waals surface area contributed by atoms with E-state index in [1.54, 1.807) is 18.7 Å². The zero-order chi connectivity index (χ0) is 41.7. The molecule has 0 aromatic carbocycles. The van der Waals surface area contributed by atoms with Crippen LogP contribution in [-0.4, -0.2) is 209 Å². The highest BCUT2D eigenvalue weighted by atomic mass is 16.4. The Morgan fingerprint density at radius 3 is 1.82 bits per heavy atom. The van der Waals surface area contributed by atoms with Crippen molar-refractivity contribution in [2.75, 3.05) is 91.8 Å². The number of aliphatic carboxylic acids is 3. The van der Waals surface area contributed by atoms with E-state index >= 15 is 0 Å². The quantitative estimate of drug-likeness (QED) is 0.0199. The minimum absolute atomic E-state index is 0.0642. The second-order valence-corrected chi connectivity index (χ2v) is 13.4. The molecular formula is C31H57BN10O13. The standard InChI is InChI=1S/C31H57BN10O13/c1-20(2)29(30(52)37-21(3)31(53)42-7-4-5-22(42)32(54)55)38-24(44)14-35-23(43)13-36-25(45)16-39(8-6-34-15-26(46)47)9-10-40(17-27(48)49)11-12-41(19-33)18-28(50)51/h20-22,29,34,54-55H,4-19,33H2,1-3H3,(H,35,43)(H,36,45)(H,37,52)(H,38,44)(H,46,47)(H,48,49)(H,50,51)/t21-,22+,29+/m1/s1. The van der Waals surface area contributed by atoms with Crippen LogP contribution < -0.4 is 32.3 Å². The van der Waals surface area contributed by atoms with Crippen molar-refractivity contribution < 1.29 is 63.7 Å². The largest absolute Gasteiger partial charge is 0.480 e. The lowest BCUT2D eigenvalue weighted by Gasteiger charge is -2.29. The minimum Gasteiger partial charge on any atom is -0.480 e. The van der Waals surface area contributed by atoms with Gasteiger partial charge < -0.3 is 62.6 Å². The molecule has 0 radical (unpaired) electrons. The Morgan fingerprint density at radius 1 is 0.727 bits per heavy atom. The highest BCUT2D eigenvalue weighted by molar-refractivity contribution is 6.43. The van der Waals surface area contributed by atoms with Crippen LogP contribution in [0.5, 0.6) is 0 Å². The first kappa shape index (κ1) is 48.6. The molecule has 0 unspecified atom stereocenters. The van der Waals surface area contributed by atoms with E-state index in [0.29, 0.717) is 19.4 Å². The van der Waals surface area contributed by atoms with E-state index in [1.165, 1.54) is 21.6 Å². The Hall–Kier alpha value is -4.46. The van der Waals surface area contributed by atoms with Crippen LogP contribution in [0.15, 0.2) is 0 Å². The van der Waals surface area contributed by atoms with Gasteiger partial charge in [0.15, 0.2) is 0 Å². The first-order valence-electron chi connectivity index (χ1n) is 17.9. The molecule has 12 N–H and O–H groups in total. The minimum atomic E-state index is -1.72. The van der Waals surface area contributed by atoms with Gasteiger partial charge in [-0.2, -0.15) is 0 Å². The number of hydrogen-bond donors (Lipinski definition) is 11. The van der Waals surface area contributed by atoms with E-state index in [-0.39, 0.29) is 72.1 Å². The Kier molecular flexibility index (Phi) is 22.6. The van der Waals surface area contributed by atoms with Crippen molar-refractivity contribution in [2.24, 2.45) is 11.7 Å². The number of nitrogens with two attached hydrogens (primary N) is 1. The molecule has 0 aromatic heterocycles. The summed E-state index contributed by atoms with van der Waals surface area (Å²) in [5.41, 5.74) is 5.59. The number of nitrogens with zero attached hydrogens (tertiary/aromatic N) is 4. The number of carbonyl (C=O) groups excluding carboxylic acids is 5. The number of likely N-dealkylation sites (tertiary alicyclic amines) is 1. The molecule has 23 nitrogen and oxygen atoms in total. The SMILES string of the molecule is CC(C)[C@H](NC(=O)CNC(=O)CNC(=O)CN(CCNCC(=O)O)CCN(CCN(CN)CC(=O)O)CC(=O)O)C(=O)N[C@H](C)C(=O)N1CCC[C@H]1B(O)O. The second-order valence-electron chi connectivity index (χ2n) is 13.4. The number of carboxylic acids is 3. The van der Waals surface area contributed by atoms with Crippen molar-refractivity contribution in [3.63, 3.8) is 0 Å². The molecule has 0 bridgehead atoms. The van der Waals surface area contributed by atoms with Crippen molar-refractivity contribution in [1.29, 1.82) is 0 Å². The average Bonchev–Trinajstić information content (AvgIpc) is 3.60. The molecule has 1 aliphatic heterocycles. The van der Waals surface area contributed by atoms with Gasteiger partial charge >= 0.3 is 25.0 Å². The maximum absolute atomic E-state index is 13.0. The fourth-order valence-corrected chi connectivity index (χ4v) is 5.58. The van der Waals surface area contributed by atoms with Crippen LogP contribution in [0.3, 0.4) is 0 Å². The molecule has 0 spiro atoms. The number of nitrogens with one attached hydrogen (secondary N) is 5. The first-order valence-corrected chi connectivity index (χ1v) is 17.9. The number of hydrogen-bond acceptors (Lipinski definition) is 15. The van der Waals surface area contributed by atoms with Crippen molar-refractivity contribution in [1.82, 2.24) is 46.2 Å². The Balaban J connectivity index is 2.69. The highest BCUT2D eigenvalue weighted by Crippen LogP contribution is 2.19. The van der Waals surface area contributed by atoms with Crippen molar-refractivity contribution in [2.45, 2.75) is 51.6 Å². The molecule has 312 valence electrons. The van der Waals surface area contributed by atoms with E-state index < -0.39 is 91.6 Å². The van der Waals surface area contributed by atoms with E-state index in [1.807, 2.05) is 0 Å². The summed E-state index contributed by atoms with van der Waals surface area (Å²) in [6.45, 7) is 3.55. The summed E-state index contributed by atoms with van der Waals surface area (Å²) in [5.74, 6) is -7.75. The van der Waals surface area contributed by atoms with Gasteiger partial charge in [0.05, 0.1) is 45.2 Å². The predicted octanol–water partition coefficient (Wildman–Crippen LogP) is -6.47. The Labute approximate surface area is 319 Å². The summed E-state index contributed by atoms with van der Waals surface area (Å²) in [4.78, 5) is 103. The summed E-state index contributed by atoms with van der Waals surface area (Å²) in [6, 6.07) is -2.10. The Bertz CT molecular complexity index is 1310. The maximum Gasteiger partial charge on any atom is 0.475 e. The summed E-state index contributed by atoms with van der Waals surface area (Å²) in [6.07, 6.45) is 0.978. The average molecular weight is 789 g/mol. The number of rotatable bonds is 28. The van der Waals surface area contributed by atoms with Crippen LogP contribution in [0.4, 0.5) is 0 Å². The molecule has 1 aliphatic rings. The van der Waals surface area contributed by atoms with Crippen LogP contribution in [0.1, 0.15) is 33.6 Å². The lowest BCUT2D eigenvalue weighted by molar-refractivity contribution is -0.140. The van der Waals surface area contributed by atoms with Gasteiger partial charge in [0.1, 0.15) is 12.1 Å². The van der Waals surface area contributed by atoms with E-state index in [0.717, 1.165) is 0 Å². The van der Waals surface area contributed by atoms with Gasteiger partial charge in [-0.3, -0.25) is 53.1 Å². The molecular weight excluding hydrogens is 731 g/mol. The smallest absolute Gasteiger partial charge is 0.475 e. The predicted molar refractivity (Wildman–Crippen MR) is 195 cm³/mol. The molecule has 5 amide bonds. The molecule has 0 aliphatic carbocycles. The van der Waals surface area contributed by atoms with Crippen LogP contribution in [-0.2, 0) is 38.4 Å². The molecule has 0 saturated carbocycles. The van der Waals surface area contributed by atoms with Crippen LogP contribution >= 0.6 is 0 Å². The zero-order valence-corrected chi connectivity index (χ0v) is 31.6. The van der Waals surface area contributed by atoms with Gasteiger partial charge in [-0.25, -0.2) is 0 Å². The monoisotopic (exact) mass is 788 g/mol. The molecule has 24 heteroatoms. The fourth-order valence-electron chi connectivity index (χ4n) is 5.58. The van der Waals surface area contributed by atoms with Crippen molar-refractivity contribution in [3.05, 3.63) is 0 Å². The zero-order valence-electron chi connectivity index (χ0n) is 31.6. The molecule has 55 heavy (non-hydrogen) atoms. The molecule has 1 fully saturated rings. The topological polar surface area (TPSA) is 337 Å². The highest BCUT2D eigenvalue weighted by Gasteiger charge is 2.39. The van der Waals surface area contributed by atoms with Crippen molar-refractivity contribution >= 4 is 54.6 Å². The molecule has 1 rings (SSSR count).